The Bertz CT molecular complexity index is 577. The zero-order valence-electron chi connectivity index (χ0n) is 11.4. The Labute approximate surface area is 122 Å². The second-order valence-electron chi connectivity index (χ2n) is 4.43. The van der Waals surface area contributed by atoms with Gasteiger partial charge in [-0.05, 0) is 41.6 Å². The monoisotopic (exact) mass is 291 g/mol. The lowest BCUT2D eigenvalue weighted by Gasteiger charge is -2.12. The summed E-state index contributed by atoms with van der Waals surface area (Å²) >= 11 is 1.40. The summed E-state index contributed by atoms with van der Waals surface area (Å²) < 4.78 is 5.06. The van der Waals surface area contributed by atoms with Crippen molar-refractivity contribution in [2.24, 2.45) is 0 Å². The Hall–Kier alpha value is -1.85. The lowest BCUT2D eigenvalue weighted by Crippen LogP contribution is -2.28. The van der Waals surface area contributed by atoms with Crippen molar-refractivity contribution in [2.75, 3.05) is 13.7 Å². The molecule has 0 spiro atoms. The molecule has 106 valence electrons. The Morgan fingerprint density at radius 2 is 2.05 bits per heavy atom. The summed E-state index contributed by atoms with van der Waals surface area (Å²) in [4.78, 5) is 12.6. The van der Waals surface area contributed by atoms with E-state index in [1.54, 1.807) is 31.4 Å². The molecule has 1 atom stereocenters. The molecule has 4 nitrogen and oxygen atoms in total. The van der Waals surface area contributed by atoms with Gasteiger partial charge in [0.1, 0.15) is 5.75 Å². The van der Waals surface area contributed by atoms with Gasteiger partial charge in [-0.15, -0.1) is 11.3 Å². The summed E-state index contributed by atoms with van der Waals surface area (Å²) in [5.74, 6) is 0.587. The van der Waals surface area contributed by atoms with Crippen molar-refractivity contribution >= 4 is 17.2 Å². The summed E-state index contributed by atoms with van der Waals surface area (Å²) in [6, 6.07) is 9.03. The summed E-state index contributed by atoms with van der Waals surface area (Å²) in [7, 11) is 1.59. The van der Waals surface area contributed by atoms with E-state index < -0.39 is 6.10 Å². The van der Waals surface area contributed by atoms with Gasteiger partial charge in [0, 0.05) is 6.54 Å². The molecule has 1 aromatic carbocycles. The molecule has 0 aliphatic heterocycles. The summed E-state index contributed by atoms with van der Waals surface area (Å²) in [6.45, 7) is 2.08. The van der Waals surface area contributed by atoms with Crippen LogP contribution in [0.5, 0.6) is 5.75 Å². The number of aliphatic hydroxyl groups excluding tert-OH is 1. The Kier molecular flexibility index (Phi) is 4.76. The summed E-state index contributed by atoms with van der Waals surface area (Å²) in [5, 5.41) is 14.7. The molecular formula is C15H17NO3S. The summed E-state index contributed by atoms with van der Waals surface area (Å²) in [5.41, 5.74) is 1.69. The molecule has 0 bridgehead atoms. The predicted molar refractivity (Wildman–Crippen MR) is 79.3 cm³/mol. The molecule has 0 radical (unpaired) electrons. The molecule has 0 unspecified atom stereocenters. The maximum atomic E-state index is 11.9. The van der Waals surface area contributed by atoms with Crippen LogP contribution in [0.25, 0.3) is 0 Å². The number of aliphatic hydroxyl groups is 1. The molecule has 0 saturated carbocycles. The fourth-order valence-corrected chi connectivity index (χ4v) is 2.66. The minimum Gasteiger partial charge on any atom is -0.497 e. The van der Waals surface area contributed by atoms with E-state index in [9.17, 15) is 9.90 Å². The number of carbonyl (C=O) groups is 1. The van der Waals surface area contributed by atoms with Crippen LogP contribution in [0.3, 0.4) is 0 Å². The molecule has 1 amide bonds. The Morgan fingerprint density at radius 3 is 2.60 bits per heavy atom. The number of amides is 1. The van der Waals surface area contributed by atoms with E-state index >= 15 is 0 Å². The van der Waals surface area contributed by atoms with Gasteiger partial charge in [-0.1, -0.05) is 12.1 Å². The number of aryl methyl sites for hydroxylation is 1. The third-order valence-electron chi connectivity index (χ3n) is 3.02. The third kappa shape index (κ3) is 3.37. The smallest absolute Gasteiger partial charge is 0.261 e. The lowest BCUT2D eigenvalue weighted by atomic mass is 10.1. The second kappa shape index (κ2) is 6.54. The topological polar surface area (TPSA) is 58.6 Å². The maximum Gasteiger partial charge on any atom is 0.261 e. The van der Waals surface area contributed by atoms with Crippen LogP contribution in [-0.2, 0) is 0 Å². The van der Waals surface area contributed by atoms with Gasteiger partial charge in [-0.2, -0.15) is 0 Å². The van der Waals surface area contributed by atoms with Crippen molar-refractivity contribution in [2.45, 2.75) is 13.0 Å². The molecular weight excluding hydrogens is 274 g/mol. The number of hydrogen-bond acceptors (Lipinski definition) is 4. The first-order chi connectivity index (χ1) is 9.61. The van der Waals surface area contributed by atoms with Crippen LogP contribution in [0.15, 0.2) is 35.7 Å². The largest absolute Gasteiger partial charge is 0.497 e. The highest BCUT2D eigenvalue weighted by Gasteiger charge is 2.13. The van der Waals surface area contributed by atoms with Crippen molar-refractivity contribution in [3.63, 3.8) is 0 Å². The van der Waals surface area contributed by atoms with Crippen LogP contribution in [0.1, 0.15) is 26.9 Å². The minimum atomic E-state index is -0.731. The lowest BCUT2D eigenvalue weighted by molar-refractivity contribution is 0.0919. The molecule has 20 heavy (non-hydrogen) atoms. The molecule has 0 saturated heterocycles. The third-order valence-corrected chi connectivity index (χ3v) is 4.04. The van der Waals surface area contributed by atoms with Crippen molar-refractivity contribution in [3.05, 3.63) is 51.7 Å². The molecule has 1 heterocycles. The number of rotatable bonds is 5. The van der Waals surface area contributed by atoms with Gasteiger partial charge in [0.05, 0.1) is 18.1 Å². The number of hydrogen-bond donors (Lipinski definition) is 2. The van der Waals surface area contributed by atoms with E-state index in [0.29, 0.717) is 4.88 Å². The van der Waals surface area contributed by atoms with E-state index in [-0.39, 0.29) is 12.5 Å². The van der Waals surface area contributed by atoms with Gasteiger partial charge in [-0.3, -0.25) is 4.79 Å². The van der Waals surface area contributed by atoms with Crippen LogP contribution >= 0.6 is 11.3 Å². The number of nitrogens with one attached hydrogen (secondary N) is 1. The molecule has 2 N–H and O–H groups in total. The molecule has 2 aromatic rings. The minimum absolute atomic E-state index is 0.148. The van der Waals surface area contributed by atoms with Crippen LogP contribution in [0.4, 0.5) is 0 Å². The van der Waals surface area contributed by atoms with Crippen molar-refractivity contribution in [1.82, 2.24) is 5.32 Å². The Balaban J connectivity index is 1.93. The SMILES string of the molecule is COc1ccc([C@@H](O)CNC(=O)c2sccc2C)cc1. The van der Waals surface area contributed by atoms with Crippen LogP contribution in [0, 0.1) is 6.92 Å². The number of thiophene rings is 1. The molecule has 2 rings (SSSR count). The van der Waals surface area contributed by atoms with Gasteiger partial charge >= 0.3 is 0 Å². The van der Waals surface area contributed by atoms with Crippen molar-refractivity contribution in [3.8, 4) is 5.75 Å². The molecule has 0 aliphatic carbocycles. The highest BCUT2D eigenvalue weighted by atomic mass is 32.1. The zero-order valence-corrected chi connectivity index (χ0v) is 12.2. The van der Waals surface area contributed by atoms with Gasteiger partial charge in [-0.25, -0.2) is 0 Å². The van der Waals surface area contributed by atoms with Crippen LogP contribution < -0.4 is 10.1 Å². The van der Waals surface area contributed by atoms with E-state index in [1.165, 1.54) is 11.3 Å². The van der Waals surface area contributed by atoms with Crippen LogP contribution in [0.2, 0.25) is 0 Å². The normalized spacial score (nSPS) is 11.9. The van der Waals surface area contributed by atoms with Gasteiger partial charge in [0.25, 0.3) is 5.91 Å². The van der Waals surface area contributed by atoms with Gasteiger partial charge in [0.2, 0.25) is 0 Å². The number of ether oxygens (including phenoxy) is 1. The number of methoxy groups -OCH3 is 1. The quantitative estimate of drug-likeness (QED) is 0.890. The zero-order chi connectivity index (χ0) is 14.5. The standard InChI is InChI=1S/C15H17NO3S/c1-10-7-8-20-14(10)15(18)16-9-13(17)11-3-5-12(19-2)6-4-11/h3-8,13,17H,9H2,1-2H3,(H,16,18)/t13-/m0/s1. The van der Waals surface area contributed by atoms with Crippen molar-refractivity contribution < 1.29 is 14.6 Å². The fourth-order valence-electron chi connectivity index (χ4n) is 1.82. The highest BCUT2D eigenvalue weighted by Crippen LogP contribution is 2.18. The highest BCUT2D eigenvalue weighted by molar-refractivity contribution is 7.12. The first kappa shape index (κ1) is 14.6. The first-order valence-corrected chi connectivity index (χ1v) is 7.14. The fraction of sp³-hybridized carbons (Fsp3) is 0.267. The van der Waals surface area contributed by atoms with Gasteiger partial charge in [0.15, 0.2) is 0 Å². The van der Waals surface area contributed by atoms with Crippen LogP contribution in [-0.4, -0.2) is 24.7 Å². The van der Waals surface area contributed by atoms with Crippen molar-refractivity contribution in [1.29, 1.82) is 0 Å². The number of benzene rings is 1. The van der Waals surface area contributed by atoms with E-state index in [4.69, 9.17) is 4.74 Å². The molecule has 0 fully saturated rings. The molecule has 0 aliphatic rings. The summed E-state index contributed by atoms with van der Waals surface area (Å²) in [6.07, 6.45) is -0.731. The predicted octanol–water partition coefficient (Wildman–Crippen LogP) is 2.53. The average Bonchev–Trinajstić information content (AvgIpc) is 2.90. The second-order valence-corrected chi connectivity index (χ2v) is 5.35. The molecule has 5 heteroatoms. The van der Waals surface area contributed by atoms with E-state index in [1.807, 2.05) is 18.4 Å². The molecule has 1 aromatic heterocycles. The Morgan fingerprint density at radius 1 is 1.35 bits per heavy atom. The first-order valence-electron chi connectivity index (χ1n) is 6.26. The van der Waals surface area contributed by atoms with E-state index in [0.717, 1.165) is 16.9 Å². The van der Waals surface area contributed by atoms with Gasteiger partial charge < -0.3 is 15.2 Å². The average molecular weight is 291 g/mol. The number of carbonyl (C=O) groups excluding carboxylic acids is 1. The maximum absolute atomic E-state index is 11.9. The van der Waals surface area contributed by atoms with E-state index in [2.05, 4.69) is 5.32 Å².